The number of amides is 1. The third kappa shape index (κ3) is 6.91. The van der Waals surface area contributed by atoms with E-state index >= 15 is 0 Å². The van der Waals surface area contributed by atoms with Crippen molar-refractivity contribution >= 4 is 33.2 Å². The molecule has 0 saturated carbocycles. The Bertz CT molecular complexity index is 947. The molecule has 0 aromatic heterocycles. The van der Waals surface area contributed by atoms with E-state index in [2.05, 4.69) is 14.8 Å². The molecule has 2 rings (SSSR count). The first kappa shape index (κ1) is 23.0. The van der Waals surface area contributed by atoms with Crippen molar-refractivity contribution in [2.75, 3.05) is 5.32 Å². The number of hydrogen-bond donors (Lipinski definition) is 2. The Morgan fingerprint density at radius 3 is 2.07 bits per heavy atom. The maximum Gasteiger partial charge on any atom is 0.573 e. The molecule has 0 aliphatic rings. The molecule has 6 nitrogen and oxygen atoms in total. The molecule has 158 valence electrons. The van der Waals surface area contributed by atoms with Gasteiger partial charge in [-0.1, -0.05) is 25.4 Å². The van der Waals surface area contributed by atoms with Gasteiger partial charge in [0, 0.05) is 10.7 Å². The zero-order chi connectivity index (χ0) is 21.8. The Balaban J connectivity index is 2.12. The fourth-order valence-corrected chi connectivity index (χ4v) is 3.77. The molecule has 2 aromatic rings. The lowest BCUT2D eigenvalue weighted by atomic mass is 10.0. The lowest BCUT2D eigenvalue weighted by Crippen LogP contribution is -2.47. The monoisotopic (exact) mass is 450 g/mol. The van der Waals surface area contributed by atoms with Gasteiger partial charge in [0.2, 0.25) is 15.9 Å². The van der Waals surface area contributed by atoms with E-state index in [1.54, 1.807) is 13.8 Å². The summed E-state index contributed by atoms with van der Waals surface area (Å²) in [6, 6.07) is 8.79. The Morgan fingerprint density at radius 1 is 1.03 bits per heavy atom. The van der Waals surface area contributed by atoms with Gasteiger partial charge in [-0.25, -0.2) is 8.42 Å². The summed E-state index contributed by atoms with van der Waals surface area (Å²) in [6.07, 6.45) is -4.83. The number of anilines is 1. The highest BCUT2D eigenvalue weighted by Crippen LogP contribution is 2.24. The summed E-state index contributed by atoms with van der Waals surface area (Å²) in [5, 5.41) is 2.83. The molecule has 2 N–H and O–H groups in total. The number of hydrogen-bond acceptors (Lipinski definition) is 4. The molecular formula is C18H18ClF3N2O4S. The molecule has 0 bridgehead atoms. The largest absolute Gasteiger partial charge is 0.573 e. The second-order valence-electron chi connectivity index (χ2n) is 6.36. The van der Waals surface area contributed by atoms with Crippen LogP contribution in [-0.4, -0.2) is 26.7 Å². The standard InChI is InChI=1S/C18H18ClF3N2O4S/c1-11(2)16(24-29(26,27)15-9-3-12(19)4-10-15)17(25)23-13-5-7-14(8-6-13)28-18(20,21)22/h3-11,16,24H,1-2H3,(H,23,25)/t16-/m1/s1. The number of nitrogens with one attached hydrogen (secondary N) is 2. The van der Waals surface area contributed by atoms with Crippen LogP contribution < -0.4 is 14.8 Å². The first-order valence-corrected chi connectivity index (χ1v) is 10.2. The molecule has 0 heterocycles. The second-order valence-corrected chi connectivity index (χ2v) is 8.51. The van der Waals surface area contributed by atoms with Gasteiger partial charge in [0.1, 0.15) is 11.8 Å². The summed E-state index contributed by atoms with van der Waals surface area (Å²) >= 11 is 5.75. The van der Waals surface area contributed by atoms with Crippen molar-refractivity contribution < 1.29 is 31.1 Å². The Labute approximate surface area is 171 Å². The number of sulfonamides is 1. The van der Waals surface area contributed by atoms with Crippen molar-refractivity contribution in [3.63, 3.8) is 0 Å². The molecule has 0 aliphatic carbocycles. The van der Waals surface area contributed by atoms with Crippen molar-refractivity contribution in [2.45, 2.75) is 31.1 Å². The van der Waals surface area contributed by atoms with Gasteiger partial charge >= 0.3 is 6.36 Å². The van der Waals surface area contributed by atoms with Crippen LogP contribution in [-0.2, 0) is 14.8 Å². The highest BCUT2D eigenvalue weighted by Gasteiger charge is 2.31. The van der Waals surface area contributed by atoms with Crippen LogP contribution in [0.1, 0.15) is 13.8 Å². The minimum atomic E-state index is -4.83. The van der Waals surface area contributed by atoms with E-state index in [0.717, 1.165) is 12.1 Å². The van der Waals surface area contributed by atoms with Crippen LogP contribution in [0.25, 0.3) is 0 Å². The number of carbonyl (C=O) groups is 1. The Hall–Kier alpha value is -2.30. The van der Waals surface area contributed by atoms with Crippen molar-refractivity contribution in [3.8, 4) is 5.75 Å². The molecule has 29 heavy (non-hydrogen) atoms. The van der Waals surface area contributed by atoms with Crippen LogP contribution in [0.15, 0.2) is 53.4 Å². The third-order valence-electron chi connectivity index (χ3n) is 3.71. The minimum absolute atomic E-state index is 0.0611. The molecule has 0 fully saturated rings. The summed E-state index contributed by atoms with van der Waals surface area (Å²) in [4.78, 5) is 12.5. The van der Waals surface area contributed by atoms with Gasteiger partial charge in [-0.3, -0.25) is 4.79 Å². The smallest absolute Gasteiger partial charge is 0.406 e. The van der Waals surface area contributed by atoms with E-state index < -0.39 is 40.0 Å². The normalized spacial score (nSPS) is 13.2. The molecule has 0 aliphatic heterocycles. The number of ether oxygens (including phenoxy) is 1. The van der Waals surface area contributed by atoms with E-state index in [0.29, 0.717) is 5.02 Å². The van der Waals surface area contributed by atoms with Crippen molar-refractivity contribution in [1.82, 2.24) is 4.72 Å². The van der Waals surface area contributed by atoms with E-state index in [-0.39, 0.29) is 10.6 Å². The van der Waals surface area contributed by atoms with E-state index in [1.807, 2.05) is 0 Å². The van der Waals surface area contributed by atoms with Crippen LogP contribution in [0.2, 0.25) is 5.02 Å². The highest BCUT2D eigenvalue weighted by molar-refractivity contribution is 7.89. The highest BCUT2D eigenvalue weighted by atomic mass is 35.5. The van der Waals surface area contributed by atoms with Gasteiger partial charge in [-0.15, -0.1) is 13.2 Å². The Kier molecular flexibility index (Phi) is 7.15. The molecule has 11 heteroatoms. The van der Waals surface area contributed by atoms with Gasteiger partial charge in [0.05, 0.1) is 4.90 Å². The molecule has 1 amide bonds. The van der Waals surface area contributed by atoms with Gasteiger partial charge in [-0.2, -0.15) is 4.72 Å². The number of rotatable bonds is 7. The van der Waals surface area contributed by atoms with Crippen LogP contribution in [0.4, 0.5) is 18.9 Å². The Morgan fingerprint density at radius 2 is 1.59 bits per heavy atom. The van der Waals surface area contributed by atoms with Gasteiger partial charge < -0.3 is 10.1 Å². The summed E-state index contributed by atoms with van der Waals surface area (Å²) in [5.41, 5.74) is 0.181. The van der Waals surface area contributed by atoms with Crippen LogP contribution in [0, 0.1) is 5.92 Å². The zero-order valence-corrected chi connectivity index (χ0v) is 16.9. The summed E-state index contributed by atoms with van der Waals surface area (Å²) in [6.45, 7) is 3.30. The van der Waals surface area contributed by atoms with Crippen molar-refractivity contribution in [2.24, 2.45) is 5.92 Å². The minimum Gasteiger partial charge on any atom is -0.406 e. The first-order chi connectivity index (χ1) is 13.4. The van der Waals surface area contributed by atoms with E-state index in [1.165, 1.54) is 36.4 Å². The summed E-state index contributed by atoms with van der Waals surface area (Å²) in [5.74, 6) is -1.52. The van der Waals surface area contributed by atoms with Crippen molar-refractivity contribution in [1.29, 1.82) is 0 Å². The summed E-state index contributed by atoms with van der Waals surface area (Å²) < 4.78 is 67.8. The summed E-state index contributed by atoms with van der Waals surface area (Å²) in [7, 11) is -4.00. The SMILES string of the molecule is CC(C)[C@@H](NS(=O)(=O)c1ccc(Cl)cc1)C(=O)Nc1ccc(OC(F)(F)F)cc1. The first-order valence-electron chi connectivity index (χ1n) is 8.32. The van der Waals surface area contributed by atoms with Gasteiger partial charge in [0.15, 0.2) is 0 Å². The van der Waals surface area contributed by atoms with Crippen LogP contribution in [0.3, 0.4) is 0 Å². The number of alkyl halides is 3. The molecule has 0 saturated heterocycles. The molecule has 0 spiro atoms. The predicted octanol–water partition coefficient (Wildman–Crippen LogP) is 4.18. The average Bonchev–Trinajstić information content (AvgIpc) is 2.60. The molecule has 1 atom stereocenters. The fourth-order valence-electron chi connectivity index (χ4n) is 2.30. The number of halogens is 4. The molecule has 0 radical (unpaired) electrons. The quantitative estimate of drug-likeness (QED) is 0.662. The lowest BCUT2D eigenvalue weighted by molar-refractivity contribution is -0.274. The number of benzene rings is 2. The molecule has 2 aromatic carbocycles. The number of carbonyl (C=O) groups excluding carboxylic acids is 1. The maximum absolute atomic E-state index is 12.6. The molecular weight excluding hydrogens is 433 g/mol. The topological polar surface area (TPSA) is 84.5 Å². The van der Waals surface area contributed by atoms with Crippen LogP contribution in [0.5, 0.6) is 5.75 Å². The van der Waals surface area contributed by atoms with E-state index in [4.69, 9.17) is 11.6 Å². The predicted molar refractivity (Wildman–Crippen MR) is 102 cm³/mol. The average molecular weight is 451 g/mol. The van der Waals surface area contributed by atoms with Crippen molar-refractivity contribution in [3.05, 3.63) is 53.6 Å². The molecule has 0 unspecified atom stereocenters. The zero-order valence-electron chi connectivity index (χ0n) is 15.3. The second kappa shape index (κ2) is 9.02. The van der Waals surface area contributed by atoms with E-state index in [9.17, 15) is 26.4 Å². The van der Waals surface area contributed by atoms with Crippen LogP contribution >= 0.6 is 11.6 Å². The fraction of sp³-hybridized carbons (Fsp3) is 0.278. The third-order valence-corrected chi connectivity index (χ3v) is 5.42. The lowest BCUT2D eigenvalue weighted by Gasteiger charge is -2.22. The van der Waals surface area contributed by atoms with Gasteiger partial charge in [0.25, 0.3) is 0 Å². The maximum atomic E-state index is 12.6. The van der Waals surface area contributed by atoms with Gasteiger partial charge in [-0.05, 0) is 54.4 Å².